The molecule has 0 saturated carbocycles. The van der Waals surface area contributed by atoms with E-state index in [2.05, 4.69) is 19.2 Å². The van der Waals surface area contributed by atoms with Gasteiger partial charge in [-0.3, -0.25) is 9.69 Å². The number of anilines is 1. The number of likely N-dealkylation sites (N-methyl/N-ethyl adjacent to an activating group) is 1. The molecule has 1 aromatic carbocycles. The average molecular weight is 249 g/mol. The van der Waals surface area contributed by atoms with Gasteiger partial charge in [-0.05, 0) is 32.0 Å². The first-order chi connectivity index (χ1) is 8.58. The summed E-state index contributed by atoms with van der Waals surface area (Å²) in [7, 11) is 1.96. The SMILES string of the molecule is CCC(C)N(C)CC(=O)Nc1ccccc1CN. The van der Waals surface area contributed by atoms with Crippen molar-refractivity contribution in [2.75, 3.05) is 18.9 Å². The average Bonchev–Trinajstić information content (AvgIpc) is 2.38. The summed E-state index contributed by atoms with van der Waals surface area (Å²) in [4.78, 5) is 14.0. The van der Waals surface area contributed by atoms with Crippen LogP contribution in [0.4, 0.5) is 5.69 Å². The quantitative estimate of drug-likeness (QED) is 0.808. The molecule has 1 unspecified atom stereocenters. The fraction of sp³-hybridized carbons (Fsp3) is 0.500. The van der Waals surface area contributed by atoms with Gasteiger partial charge in [0.25, 0.3) is 0 Å². The van der Waals surface area contributed by atoms with Crippen LogP contribution in [-0.4, -0.2) is 30.4 Å². The minimum absolute atomic E-state index is 0.00120. The number of amides is 1. The number of rotatable bonds is 6. The molecule has 0 fully saturated rings. The molecule has 0 aliphatic rings. The van der Waals surface area contributed by atoms with Crippen LogP contribution in [0.2, 0.25) is 0 Å². The molecule has 0 bridgehead atoms. The summed E-state index contributed by atoms with van der Waals surface area (Å²) >= 11 is 0. The summed E-state index contributed by atoms with van der Waals surface area (Å²) in [6.45, 7) is 5.05. The molecule has 1 aromatic rings. The van der Waals surface area contributed by atoms with E-state index in [4.69, 9.17) is 5.73 Å². The summed E-state index contributed by atoms with van der Waals surface area (Å²) < 4.78 is 0. The molecule has 100 valence electrons. The molecule has 0 heterocycles. The predicted octanol–water partition coefficient (Wildman–Crippen LogP) is 1.81. The van der Waals surface area contributed by atoms with Crippen molar-refractivity contribution in [2.24, 2.45) is 5.73 Å². The molecule has 18 heavy (non-hydrogen) atoms. The highest BCUT2D eigenvalue weighted by molar-refractivity contribution is 5.92. The fourth-order valence-corrected chi connectivity index (χ4v) is 1.70. The molecule has 0 aliphatic heterocycles. The molecule has 4 nitrogen and oxygen atoms in total. The number of hydrogen-bond acceptors (Lipinski definition) is 3. The van der Waals surface area contributed by atoms with E-state index in [0.29, 0.717) is 19.1 Å². The van der Waals surface area contributed by atoms with Gasteiger partial charge < -0.3 is 11.1 Å². The van der Waals surface area contributed by atoms with Gasteiger partial charge in [-0.2, -0.15) is 0 Å². The lowest BCUT2D eigenvalue weighted by molar-refractivity contribution is -0.117. The molecule has 0 aromatic heterocycles. The lowest BCUT2D eigenvalue weighted by Crippen LogP contribution is -2.36. The van der Waals surface area contributed by atoms with Crippen LogP contribution in [0, 0.1) is 0 Å². The maximum absolute atomic E-state index is 11.9. The summed E-state index contributed by atoms with van der Waals surface area (Å²) in [6, 6.07) is 8.02. The van der Waals surface area contributed by atoms with Crippen molar-refractivity contribution in [3.63, 3.8) is 0 Å². The number of nitrogens with two attached hydrogens (primary N) is 1. The van der Waals surface area contributed by atoms with E-state index in [0.717, 1.165) is 17.7 Å². The first kappa shape index (κ1) is 14.7. The van der Waals surface area contributed by atoms with Gasteiger partial charge >= 0.3 is 0 Å². The molecule has 0 saturated heterocycles. The molecule has 1 amide bonds. The van der Waals surface area contributed by atoms with Crippen molar-refractivity contribution in [1.82, 2.24) is 4.90 Å². The van der Waals surface area contributed by atoms with Crippen LogP contribution in [0.1, 0.15) is 25.8 Å². The van der Waals surface area contributed by atoms with E-state index >= 15 is 0 Å². The smallest absolute Gasteiger partial charge is 0.238 e. The Hall–Kier alpha value is -1.39. The Labute approximate surface area is 109 Å². The van der Waals surface area contributed by atoms with E-state index in [1.54, 1.807) is 0 Å². The second-order valence-electron chi connectivity index (χ2n) is 4.58. The van der Waals surface area contributed by atoms with Crippen molar-refractivity contribution >= 4 is 11.6 Å². The summed E-state index contributed by atoms with van der Waals surface area (Å²) in [5, 5.41) is 2.91. The van der Waals surface area contributed by atoms with Crippen molar-refractivity contribution in [1.29, 1.82) is 0 Å². The van der Waals surface area contributed by atoms with E-state index in [-0.39, 0.29) is 5.91 Å². The van der Waals surface area contributed by atoms with Gasteiger partial charge in [0.1, 0.15) is 0 Å². The van der Waals surface area contributed by atoms with Crippen LogP contribution < -0.4 is 11.1 Å². The number of carbonyl (C=O) groups excluding carboxylic acids is 1. The number of carbonyl (C=O) groups is 1. The van der Waals surface area contributed by atoms with Gasteiger partial charge in [0.05, 0.1) is 6.54 Å². The van der Waals surface area contributed by atoms with Crippen LogP contribution in [0.25, 0.3) is 0 Å². The second-order valence-corrected chi connectivity index (χ2v) is 4.58. The maximum atomic E-state index is 11.9. The van der Waals surface area contributed by atoms with Crippen molar-refractivity contribution in [3.8, 4) is 0 Å². The van der Waals surface area contributed by atoms with E-state index in [1.165, 1.54) is 0 Å². The highest BCUT2D eigenvalue weighted by Crippen LogP contribution is 2.14. The molecule has 0 spiro atoms. The Kier molecular flexibility index (Phi) is 5.82. The summed E-state index contributed by atoms with van der Waals surface area (Å²) in [5.41, 5.74) is 7.40. The van der Waals surface area contributed by atoms with Gasteiger partial charge in [0.2, 0.25) is 5.91 Å². The number of benzene rings is 1. The van der Waals surface area contributed by atoms with Crippen molar-refractivity contribution < 1.29 is 4.79 Å². The Balaban J connectivity index is 2.59. The summed E-state index contributed by atoms with van der Waals surface area (Å²) in [6.07, 6.45) is 1.03. The molecule has 1 rings (SSSR count). The first-order valence-electron chi connectivity index (χ1n) is 6.36. The van der Waals surface area contributed by atoms with Crippen LogP contribution >= 0.6 is 0 Å². The molecular formula is C14H23N3O. The van der Waals surface area contributed by atoms with E-state index < -0.39 is 0 Å². The molecule has 4 heteroatoms. The fourth-order valence-electron chi connectivity index (χ4n) is 1.70. The highest BCUT2D eigenvalue weighted by Gasteiger charge is 2.12. The third kappa shape index (κ3) is 4.13. The van der Waals surface area contributed by atoms with Crippen LogP contribution in [0.15, 0.2) is 24.3 Å². The molecular weight excluding hydrogens is 226 g/mol. The largest absolute Gasteiger partial charge is 0.326 e. The number of nitrogens with one attached hydrogen (secondary N) is 1. The van der Waals surface area contributed by atoms with Crippen LogP contribution in [-0.2, 0) is 11.3 Å². The molecule has 3 N–H and O–H groups in total. The molecule has 1 atom stereocenters. The number of para-hydroxylation sites is 1. The van der Waals surface area contributed by atoms with Crippen molar-refractivity contribution in [3.05, 3.63) is 29.8 Å². The standard InChI is InChI=1S/C14H23N3O/c1-4-11(2)17(3)10-14(18)16-13-8-6-5-7-12(13)9-15/h5-8,11H,4,9-10,15H2,1-3H3,(H,16,18). The van der Waals surface area contributed by atoms with Crippen LogP contribution in [0.3, 0.4) is 0 Å². The molecule has 0 radical (unpaired) electrons. The number of hydrogen-bond donors (Lipinski definition) is 2. The third-order valence-electron chi connectivity index (χ3n) is 3.25. The topological polar surface area (TPSA) is 58.4 Å². The van der Waals surface area contributed by atoms with Gasteiger partial charge in [-0.1, -0.05) is 25.1 Å². The lowest BCUT2D eigenvalue weighted by Gasteiger charge is -2.22. The monoisotopic (exact) mass is 249 g/mol. The lowest BCUT2D eigenvalue weighted by atomic mass is 10.2. The van der Waals surface area contributed by atoms with Crippen LogP contribution in [0.5, 0.6) is 0 Å². The van der Waals surface area contributed by atoms with E-state index in [9.17, 15) is 4.79 Å². The second kappa shape index (κ2) is 7.13. The zero-order valence-corrected chi connectivity index (χ0v) is 11.4. The Morgan fingerprint density at radius 2 is 2.11 bits per heavy atom. The Bertz CT molecular complexity index is 392. The Morgan fingerprint density at radius 3 is 2.72 bits per heavy atom. The first-order valence-corrected chi connectivity index (χ1v) is 6.36. The third-order valence-corrected chi connectivity index (χ3v) is 3.25. The highest BCUT2D eigenvalue weighted by atomic mass is 16.2. The van der Waals surface area contributed by atoms with Gasteiger partial charge in [0.15, 0.2) is 0 Å². The van der Waals surface area contributed by atoms with Gasteiger partial charge in [-0.15, -0.1) is 0 Å². The molecule has 0 aliphatic carbocycles. The predicted molar refractivity (Wildman–Crippen MR) is 75.3 cm³/mol. The number of nitrogens with zero attached hydrogens (tertiary/aromatic N) is 1. The van der Waals surface area contributed by atoms with Gasteiger partial charge in [-0.25, -0.2) is 0 Å². The van der Waals surface area contributed by atoms with E-state index in [1.807, 2.05) is 36.2 Å². The normalized spacial score (nSPS) is 12.5. The maximum Gasteiger partial charge on any atom is 0.238 e. The van der Waals surface area contributed by atoms with Crippen molar-refractivity contribution in [2.45, 2.75) is 32.9 Å². The minimum atomic E-state index is -0.00120. The van der Waals surface area contributed by atoms with Gasteiger partial charge in [0, 0.05) is 18.3 Å². The zero-order valence-electron chi connectivity index (χ0n) is 11.4. The summed E-state index contributed by atoms with van der Waals surface area (Å²) in [5.74, 6) is -0.00120. The minimum Gasteiger partial charge on any atom is -0.326 e. The zero-order chi connectivity index (χ0) is 13.5. The Morgan fingerprint density at radius 1 is 1.44 bits per heavy atom.